The van der Waals surface area contributed by atoms with Crippen LogP contribution in [0.5, 0.6) is 5.75 Å². The van der Waals surface area contributed by atoms with Crippen molar-refractivity contribution < 1.29 is 28.4 Å². The first kappa shape index (κ1) is 25.8. The lowest BCUT2D eigenvalue weighted by atomic mass is 9.95. The third-order valence-corrected chi connectivity index (χ3v) is 9.04. The molecule has 0 radical (unpaired) electrons. The Balaban J connectivity index is 1.31. The van der Waals surface area contributed by atoms with Crippen LogP contribution in [0.25, 0.3) is 0 Å². The van der Waals surface area contributed by atoms with Crippen LogP contribution < -0.4 is 10.1 Å². The van der Waals surface area contributed by atoms with Gasteiger partial charge < -0.3 is 19.3 Å². The number of para-hydroxylation sites is 1. The van der Waals surface area contributed by atoms with Gasteiger partial charge in [0.1, 0.15) is 5.75 Å². The Bertz CT molecular complexity index is 1260. The van der Waals surface area contributed by atoms with Gasteiger partial charge in [-0.25, -0.2) is 4.79 Å². The van der Waals surface area contributed by atoms with Crippen LogP contribution in [0.1, 0.15) is 31.1 Å². The van der Waals surface area contributed by atoms with Crippen LogP contribution in [0.3, 0.4) is 0 Å². The lowest BCUT2D eigenvalue weighted by Crippen LogP contribution is -2.72. The Morgan fingerprint density at radius 1 is 0.947 bits per heavy atom. The van der Waals surface area contributed by atoms with Crippen molar-refractivity contribution in [3.63, 3.8) is 0 Å². The number of carbonyl (C=O) groups excluding carboxylic acids is 3. The molecular weight excluding hydrogens is 504 g/mol. The maximum absolute atomic E-state index is 13.6. The molecule has 2 amide bonds. The molecule has 0 aliphatic carbocycles. The Labute approximate surface area is 224 Å². The highest BCUT2D eigenvalue weighted by Crippen LogP contribution is 2.47. The van der Waals surface area contributed by atoms with Gasteiger partial charge in [-0.1, -0.05) is 78.9 Å². The number of hydrogen-bond acceptors (Lipinski definition) is 6. The molecule has 2 saturated heterocycles. The zero-order valence-electron chi connectivity index (χ0n) is 21.0. The summed E-state index contributed by atoms with van der Waals surface area (Å²) < 4.78 is 23.9. The largest absolute Gasteiger partial charge is 0.614 e. The van der Waals surface area contributed by atoms with Crippen LogP contribution in [-0.2, 0) is 30.3 Å². The topological polar surface area (TPSA) is 108 Å². The number of rotatable bonds is 8. The maximum atomic E-state index is 13.6. The number of nitrogens with zero attached hydrogens (tertiary/aromatic N) is 1. The van der Waals surface area contributed by atoms with E-state index in [1.165, 1.54) is 4.90 Å². The van der Waals surface area contributed by atoms with Crippen molar-refractivity contribution in [2.75, 3.05) is 6.61 Å². The third kappa shape index (κ3) is 4.75. The van der Waals surface area contributed by atoms with E-state index in [1.807, 2.05) is 66.7 Å². The second-order valence-electron chi connectivity index (χ2n) is 9.72. The Morgan fingerprint density at radius 3 is 2.03 bits per heavy atom. The van der Waals surface area contributed by atoms with Gasteiger partial charge in [0.15, 0.2) is 29.5 Å². The number of β-lactam (4-membered cyclic amide) rings is 1. The van der Waals surface area contributed by atoms with Gasteiger partial charge in [0.2, 0.25) is 5.37 Å². The van der Waals surface area contributed by atoms with Crippen LogP contribution in [0.15, 0.2) is 91.0 Å². The summed E-state index contributed by atoms with van der Waals surface area (Å²) in [5.41, 5.74) is 1.55. The summed E-state index contributed by atoms with van der Waals surface area (Å²) in [6, 6.07) is 25.4. The van der Waals surface area contributed by atoms with Gasteiger partial charge >= 0.3 is 5.97 Å². The molecule has 2 aliphatic heterocycles. The molecule has 5 rings (SSSR count). The fourth-order valence-electron chi connectivity index (χ4n) is 4.92. The lowest BCUT2D eigenvalue weighted by molar-refractivity contribution is -0.166. The lowest BCUT2D eigenvalue weighted by Gasteiger charge is -2.41. The van der Waals surface area contributed by atoms with E-state index in [0.29, 0.717) is 5.75 Å². The molecule has 196 valence electrons. The average molecular weight is 533 g/mol. The molecule has 2 heterocycles. The maximum Gasteiger partial charge on any atom is 0.335 e. The first-order valence-electron chi connectivity index (χ1n) is 12.3. The van der Waals surface area contributed by atoms with E-state index in [9.17, 15) is 18.9 Å². The van der Waals surface area contributed by atoms with Crippen LogP contribution >= 0.6 is 0 Å². The number of amides is 2. The summed E-state index contributed by atoms with van der Waals surface area (Å²) in [4.78, 5) is 40.6. The molecule has 0 bridgehead atoms. The second-order valence-corrected chi connectivity index (χ2v) is 11.9. The first-order chi connectivity index (χ1) is 18.3. The molecule has 3 aromatic rings. The third-order valence-electron chi connectivity index (χ3n) is 6.85. The molecular formula is C29H28N2O6S. The van der Waals surface area contributed by atoms with Crippen LogP contribution in [0.2, 0.25) is 0 Å². The fourth-order valence-corrected chi connectivity index (χ4v) is 6.84. The van der Waals surface area contributed by atoms with Gasteiger partial charge in [-0.15, -0.1) is 0 Å². The number of carbonyl (C=O) groups is 3. The van der Waals surface area contributed by atoms with Gasteiger partial charge in [0.25, 0.3) is 11.8 Å². The van der Waals surface area contributed by atoms with E-state index in [0.717, 1.165) is 11.1 Å². The van der Waals surface area contributed by atoms with Crippen molar-refractivity contribution in [3.8, 4) is 5.75 Å². The van der Waals surface area contributed by atoms with Gasteiger partial charge in [-0.05, 0) is 48.3 Å². The van der Waals surface area contributed by atoms with Crippen molar-refractivity contribution in [1.29, 1.82) is 0 Å². The summed E-state index contributed by atoms with van der Waals surface area (Å²) in [6.45, 7) is 3.06. The van der Waals surface area contributed by atoms with E-state index < -0.39 is 57.3 Å². The summed E-state index contributed by atoms with van der Waals surface area (Å²) in [5, 5.41) is 1.80. The number of nitrogens with one attached hydrogen (secondary N) is 1. The minimum Gasteiger partial charge on any atom is -0.614 e. The van der Waals surface area contributed by atoms with Gasteiger partial charge in [0.05, 0.1) is 0 Å². The molecule has 4 atom stereocenters. The number of ether oxygens (including phenoxy) is 2. The zero-order valence-corrected chi connectivity index (χ0v) is 21.8. The molecule has 2 fully saturated rings. The monoisotopic (exact) mass is 532 g/mol. The summed E-state index contributed by atoms with van der Waals surface area (Å²) in [5.74, 6) is -1.11. The minimum atomic E-state index is -1.63. The first-order valence-corrected chi connectivity index (χ1v) is 13.5. The molecule has 1 N–H and O–H groups in total. The smallest absolute Gasteiger partial charge is 0.335 e. The van der Waals surface area contributed by atoms with Crippen LogP contribution in [-0.4, -0.2) is 56.0 Å². The summed E-state index contributed by atoms with van der Waals surface area (Å²) >= 11 is -1.63. The molecule has 2 aliphatic rings. The van der Waals surface area contributed by atoms with Crippen molar-refractivity contribution in [3.05, 3.63) is 102 Å². The van der Waals surface area contributed by atoms with Crippen LogP contribution in [0.4, 0.5) is 0 Å². The predicted molar refractivity (Wildman–Crippen MR) is 141 cm³/mol. The van der Waals surface area contributed by atoms with Crippen molar-refractivity contribution in [2.24, 2.45) is 0 Å². The molecule has 1 unspecified atom stereocenters. The average Bonchev–Trinajstić information content (AvgIpc) is 3.13. The van der Waals surface area contributed by atoms with Crippen molar-refractivity contribution >= 4 is 29.0 Å². The number of benzene rings is 3. The summed E-state index contributed by atoms with van der Waals surface area (Å²) in [7, 11) is 0. The van der Waals surface area contributed by atoms with E-state index in [1.54, 1.807) is 38.1 Å². The molecule has 0 aromatic heterocycles. The van der Waals surface area contributed by atoms with Crippen LogP contribution in [0, 0.1) is 0 Å². The highest BCUT2D eigenvalue weighted by molar-refractivity contribution is 7.94. The fraction of sp³-hybridized carbons (Fsp3) is 0.276. The van der Waals surface area contributed by atoms with E-state index in [-0.39, 0.29) is 6.61 Å². The van der Waals surface area contributed by atoms with Gasteiger partial charge in [0, 0.05) is 0 Å². The number of hydrogen-bond donors (Lipinski definition) is 1. The van der Waals surface area contributed by atoms with E-state index in [4.69, 9.17) is 9.47 Å². The highest BCUT2D eigenvalue weighted by atomic mass is 32.2. The highest BCUT2D eigenvalue weighted by Gasteiger charge is 2.73. The molecule has 3 aromatic carbocycles. The zero-order chi connectivity index (χ0) is 26.9. The molecule has 0 spiro atoms. The van der Waals surface area contributed by atoms with Gasteiger partial charge in [-0.3, -0.25) is 14.5 Å². The predicted octanol–water partition coefficient (Wildman–Crippen LogP) is 2.96. The van der Waals surface area contributed by atoms with E-state index >= 15 is 0 Å². The number of fused-ring (bicyclic) bond motifs is 1. The molecule has 8 nitrogen and oxygen atoms in total. The Hall–Kier alpha value is -3.82. The quantitative estimate of drug-likeness (QED) is 0.272. The Morgan fingerprint density at radius 2 is 1.47 bits per heavy atom. The number of esters is 1. The minimum absolute atomic E-state index is 0.294. The molecule has 38 heavy (non-hydrogen) atoms. The second kappa shape index (κ2) is 10.5. The standard InChI is InChI=1S/C29H28N2O6S/c1-29(2)25(28(34)37-24(19-12-6-3-7-13-19)20-14-8-4-9-15-20)31-26(33)23(27(31)38(29)35)30-22(32)18-36-21-16-10-5-11-17-21/h3-17,23-25,27H,18H2,1-2H3,(H,30,32)/t23-,25?,27-,38-/m1/s1. The van der Waals surface area contributed by atoms with Crippen molar-refractivity contribution in [1.82, 2.24) is 10.2 Å². The normalized spacial score (nSPS) is 23.4. The molecule has 9 heteroatoms. The SMILES string of the molecule is CC1(C)C(C(=O)OC(c2ccccc2)c2ccccc2)N2C(=O)[C@@H](NC(=O)COc3ccccc3)[C@H]2[S@@+]1[O-]. The molecule has 0 saturated carbocycles. The van der Waals surface area contributed by atoms with Crippen molar-refractivity contribution in [2.45, 2.75) is 42.2 Å². The summed E-state index contributed by atoms with van der Waals surface area (Å²) in [6.07, 6.45) is -0.699. The van der Waals surface area contributed by atoms with E-state index in [2.05, 4.69) is 5.32 Å². The van der Waals surface area contributed by atoms with Gasteiger partial charge in [-0.2, -0.15) is 0 Å². The Kier molecular flexibility index (Phi) is 7.14.